The van der Waals surface area contributed by atoms with E-state index in [1.165, 1.54) is 0 Å². The molecule has 7 nitrogen and oxygen atoms in total. The van der Waals surface area contributed by atoms with Crippen LogP contribution in [-0.4, -0.2) is 67.6 Å². The Bertz CT molecular complexity index is 176. The van der Waals surface area contributed by atoms with E-state index in [1.807, 2.05) is 0 Å². The number of aliphatic hydroxyl groups is 5. The van der Waals surface area contributed by atoms with Crippen molar-refractivity contribution in [1.82, 2.24) is 0 Å². The zero-order chi connectivity index (χ0) is 10.6. The van der Waals surface area contributed by atoms with Crippen molar-refractivity contribution in [3.63, 3.8) is 0 Å². The van der Waals surface area contributed by atoms with Crippen LogP contribution in [0.1, 0.15) is 0 Å². The van der Waals surface area contributed by atoms with Gasteiger partial charge >= 0.3 is 22.7 Å². The van der Waals surface area contributed by atoms with Gasteiger partial charge in [0.2, 0.25) is 0 Å². The number of aliphatic hydroxyl groups excluding tert-OH is 5. The zero-order valence-electron chi connectivity index (χ0n) is 6.94. The van der Waals surface area contributed by atoms with E-state index in [0.717, 1.165) is 0 Å². The van der Waals surface area contributed by atoms with Gasteiger partial charge in [0.1, 0.15) is 18.3 Å². The molecule has 1 radical (unpaired) electrons. The van der Waals surface area contributed by atoms with Gasteiger partial charge in [-0.2, -0.15) is 0 Å². The second-order valence-corrected chi connectivity index (χ2v) is 2.51. The average Bonchev–Trinajstić information content (AvgIpc) is 2.12. The molecular formula is C6H12CoO7+2. The Balaban J connectivity index is 0. The molecule has 6 N–H and O–H groups in total. The molecule has 85 valence electrons. The van der Waals surface area contributed by atoms with E-state index in [9.17, 15) is 4.79 Å². The molecule has 4 atom stereocenters. The van der Waals surface area contributed by atoms with Gasteiger partial charge in [0.25, 0.3) is 0 Å². The molecule has 0 saturated heterocycles. The second kappa shape index (κ2) is 7.12. The predicted octanol–water partition coefficient (Wildman–Crippen LogP) is -3.50. The van der Waals surface area contributed by atoms with Gasteiger partial charge < -0.3 is 30.6 Å². The number of carboxylic acid groups (broad SMARTS) is 1. The van der Waals surface area contributed by atoms with Gasteiger partial charge in [-0.3, -0.25) is 0 Å². The molecule has 0 spiro atoms. The van der Waals surface area contributed by atoms with Crippen LogP contribution in [0.5, 0.6) is 0 Å². The van der Waals surface area contributed by atoms with Crippen molar-refractivity contribution in [2.75, 3.05) is 6.61 Å². The van der Waals surface area contributed by atoms with Crippen LogP contribution in [-0.2, 0) is 21.6 Å². The molecule has 0 fully saturated rings. The summed E-state index contributed by atoms with van der Waals surface area (Å²) in [5.74, 6) is -1.73. The largest absolute Gasteiger partial charge is 2.00 e. The van der Waals surface area contributed by atoms with Crippen molar-refractivity contribution < 1.29 is 52.2 Å². The van der Waals surface area contributed by atoms with E-state index in [-0.39, 0.29) is 16.8 Å². The summed E-state index contributed by atoms with van der Waals surface area (Å²) in [6, 6.07) is 0. The summed E-state index contributed by atoms with van der Waals surface area (Å²) < 4.78 is 0. The van der Waals surface area contributed by atoms with E-state index in [1.54, 1.807) is 0 Å². The second-order valence-electron chi connectivity index (χ2n) is 2.51. The van der Waals surface area contributed by atoms with Gasteiger partial charge in [-0.25, -0.2) is 4.79 Å². The fourth-order valence-corrected chi connectivity index (χ4v) is 0.668. The summed E-state index contributed by atoms with van der Waals surface area (Å²) in [6.07, 6.45) is -7.84. The first-order valence-electron chi connectivity index (χ1n) is 3.47. The van der Waals surface area contributed by atoms with E-state index < -0.39 is 37.0 Å². The third kappa shape index (κ3) is 4.33. The van der Waals surface area contributed by atoms with Crippen LogP contribution in [0, 0.1) is 0 Å². The molecule has 14 heavy (non-hydrogen) atoms. The van der Waals surface area contributed by atoms with Crippen molar-refractivity contribution in [3.8, 4) is 0 Å². The minimum atomic E-state index is -2.20. The number of rotatable bonds is 5. The Labute approximate surface area is 89.8 Å². The monoisotopic (exact) mass is 255 g/mol. The standard InChI is InChI=1S/C6H12O7.Co/c7-1-2(8)3(9)4(10)5(11)6(12)13;/h2-5,7-11H,1H2,(H,12,13);/q;+2. The van der Waals surface area contributed by atoms with E-state index in [4.69, 9.17) is 30.6 Å². The first-order chi connectivity index (χ1) is 5.91. The smallest absolute Gasteiger partial charge is 0.479 e. The Hall–Kier alpha value is -0.224. The van der Waals surface area contributed by atoms with E-state index >= 15 is 0 Å². The van der Waals surface area contributed by atoms with Gasteiger partial charge in [-0.05, 0) is 0 Å². The van der Waals surface area contributed by atoms with Gasteiger partial charge in [0.15, 0.2) is 6.10 Å². The number of carboxylic acids is 1. The molecule has 0 aliphatic heterocycles. The fourth-order valence-electron chi connectivity index (χ4n) is 0.668. The normalized spacial score (nSPS) is 18.9. The van der Waals surface area contributed by atoms with Crippen molar-refractivity contribution in [2.45, 2.75) is 24.4 Å². The van der Waals surface area contributed by atoms with Crippen LogP contribution in [0.25, 0.3) is 0 Å². The van der Waals surface area contributed by atoms with Crippen molar-refractivity contribution in [3.05, 3.63) is 0 Å². The maximum Gasteiger partial charge on any atom is 2.00 e. The first-order valence-corrected chi connectivity index (χ1v) is 3.47. The van der Waals surface area contributed by atoms with Crippen LogP contribution < -0.4 is 0 Å². The van der Waals surface area contributed by atoms with Gasteiger partial charge in [-0.1, -0.05) is 0 Å². The number of hydrogen-bond donors (Lipinski definition) is 6. The number of carbonyl (C=O) groups is 1. The summed E-state index contributed by atoms with van der Waals surface area (Å²) in [7, 11) is 0. The summed E-state index contributed by atoms with van der Waals surface area (Å²) in [4.78, 5) is 10.1. The molecule has 0 heterocycles. The fraction of sp³-hybridized carbons (Fsp3) is 0.833. The molecule has 0 aromatic heterocycles. The third-order valence-corrected chi connectivity index (χ3v) is 1.51. The average molecular weight is 255 g/mol. The van der Waals surface area contributed by atoms with Crippen molar-refractivity contribution in [1.29, 1.82) is 0 Å². The molecule has 0 aromatic rings. The SMILES string of the molecule is O=C(O)C(O)C(O)C(O)C(O)CO.[Co+2]. The quantitative estimate of drug-likeness (QED) is 0.299. The minimum absolute atomic E-state index is 0. The molecule has 0 amide bonds. The van der Waals surface area contributed by atoms with E-state index in [2.05, 4.69) is 0 Å². The van der Waals surface area contributed by atoms with Gasteiger partial charge in [-0.15, -0.1) is 0 Å². The maximum absolute atomic E-state index is 10.1. The van der Waals surface area contributed by atoms with Crippen molar-refractivity contribution >= 4 is 5.97 Å². The van der Waals surface area contributed by atoms with Gasteiger partial charge in [0.05, 0.1) is 6.61 Å². The number of hydrogen-bond acceptors (Lipinski definition) is 6. The zero-order valence-corrected chi connectivity index (χ0v) is 7.98. The Morgan fingerprint density at radius 2 is 1.50 bits per heavy atom. The Kier molecular flexibility index (Phi) is 8.25. The van der Waals surface area contributed by atoms with E-state index in [0.29, 0.717) is 0 Å². The summed E-state index contributed by atoms with van der Waals surface area (Å²) in [5.41, 5.74) is 0. The molecular weight excluding hydrogens is 243 g/mol. The van der Waals surface area contributed by atoms with Crippen LogP contribution >= 0.6 is 0 Å². The Morgan fingerprint density at radius 1 is 1.07 bits per heavy atom. The summed E-state index contributed by atoms with van der Waals surface area (Å²) in [6.45, 7) is -0.843. The molecule has 0 aromatic carbocycles. The molecule has 0 saturated carbocycles. The molecule has 0 aliphatic rings. The minimum Gasteiger partial charge on any atom is -0.479 e. The summed E-state index contributed by atoms with van der Waals surface area (Å²) in [5, 5.41) is 51.8. The summed E-state index contributed by atoms with van der Waals surface area (Å²) >= 11 is 0. The number of aliphatic carboxylic acids is 1. The van der Waals surface area contributed by atoms with Crippen LogP contribution in [0.2, 0.25) is 0 Å². The molecule has 8 heteroatoms. The first kappa shape index (κ1) is 16.2. The maximum atomic E-state index is 10.1. The topological polar surface area (TPSA) is 138 Å². The molecule has 0 bridgehead atoms. The van der Waals surface area contributed by atoms with Crippen molar-refractivity contribution in [2.24, 2.45) is 0 Å². The molecule has 4 unspecified atom stereocenters. The van der Waals surface area contributed by atoms with Crippen LogP contribution in [0.3, 0.4) is 0 Å². The van der Waals surface area contributed by atoms with Gasteiger partial charge in [0, 0.05) is 0 Å². The molecule has 0 aliphatic carbocycles. The molecule has 0 rings (SSSR count). The van der Waals surface area contributed by atoms with Crippen LogP contribution in [0.15, 0.2) is 0 Å². The third-order valence-electron chi connectivity index (χ3n) is 1.51. The van der Waals surface area contributed by atoms with Crippen LogP contribution in [0.4, 0.5) is 0 Å². The predicted molar refractivity (Wildman–Crippen MR) is 38.7 cm³/mol. The Morgan fingerprint density at radius 3 is 1.79 bits per heavy atom.